The Bertz CT molecular complexity index is 898. The fourth-order valence-corrected chi connectivity index (χ4v) is 2.94. The predicted octanol–water partition coefficient (Wildman–Crippen LogP) is 4.85. The summed E-state index contributed by atoms with van der Waals surface area (Å²) in [7, 11) is 4.14. The first kappa shape index (κ1) is 20.1. The Kier molecular flexibility index (Phi) is 7.18. The van der Waals surface area contributed by atoms with Crippen LogP contribution in [-0.4, -0.2) is 41.6 Å². The number of hydrogen-bond acceptors (Lipinski definition) is 4. The molecule has 1 aromatic carbocycles. The van der Waals surface area contributed by atoms with E-state index in [4.69, 9.17) is 16.3 Å². The van der Waals surface area contributed by atoms with Gasteiger partial charge in [-0.25, -0.2) is 4.98 Å². The summed E-state index contributed by atoms with van der Waals surface area (Å²) in [6, 6.07) is 16.5. The van der Waals surface area contributed by atoms with Crippen LogP contribution >= 0.6 is 11.6 Å². The maximum Gasteiger partial charge on any atom is 0.138 e. The van der Waals surface area contributed by atoms with Crippen molar-refractivity contribution in [1.82, 2.24) is 14.9 Å². The number of rotatable bonds is 8. The minimum atomic E-state index is 0.258. The van der Waals surface area contributed by atoms with E-state index in [0.717, 1.165) is 17.5 Å². The van der Waals surface area contributed by atoms with Crippen LogP contribution in [0.5, 0.6) is 5.75 Å². The molecule has 144 valence electrons. The fraction of sp³-hybridized carbons (Fsp3) is 0.217. The highest BCUT2D eigenvalue weighted by Crippen LogP contribution is 2.22. The van der Waals surface area contributed by atoms with E-state index < -0.39 is 0 Å². The maximum atomic E-state index is 6.24. The van der Waals surface area contributed by atoms with E-state index in [1.54, 1.807) is 18.6 Å². The number of nitrogens with zero attached hydrogens (tertiary/aromatic N) is 3. The van der Waals surface area contributed by atoms with Gasteiger partial charge in [0.1, 0.15) is 17.5 Å². The van der Waals surface area contributed by atoms with Gasteiger partial charge in [0, 0.05) is 24.0 Å². The van der Waals surface area contributed by atoms with Gasteiger partial charge in [0.25, 0.3) is 0 Å². The summed E-state index contributed by atoms with van der Waals surface area (Å²) in [6.07, 6.45) is 10.0. The molecule has 0 aliphatic carbocycles. The molecule has 0 N–H and O–H groups in total. The molecule has 0 amide bonds. The molecule has 0 bridgehead atoms. The van der Waals surface area contributed by atoms with Gasteiger partial charge in [0.05, 0.1) is 6.20 Å². The van der Waals surface area contributed by atoms with Crippen LogP contribution in [0.1, 0.15) is 16.7 Å². The number of hydrogen-bond donors (Lipinski definition) is 0. The van der Waals surface area contributed by atoms with E-state index in [-0.39, 0.29) is 6.04 Å². The normalized spacial score (nSPS) is 12.4. The molecule has 0 aliphatic heterocycles. The van der Waals surface area contributed by atoms with Gasteiger partial charge in [-0.05, 0) is 49.8 Å². The highest BCUT2D eigenvalue weighted by Gasteiger charge is 2.14. The summed E-state index contributed by atoms with van der Waals surface area (Å²) < 4.78 is 6.04. The first-order chi connectivity index (χ1) is 13.6. The largest absolute Gasteiger partial charge is 0.490 e. The lowest BCUT2D eigenvalue weighted by Gasteiger charge is -2.24. The highest BCUT2D eigenvalue weighted by molar-refractivity contribution is 6.31. The second-order valence-corrected chi connectivity index (χ2v) is 7.14. The number of benzene rings is 1. The molecule has 4 nitrogen and oxygen atoms in total. The van der Waals surface area contributed by atoms with Gasteiger partial charge >= 0.3 is 0 Å². The third-order valence-corrected chi connectivity index (χ3v) is 4.81. The van der Waals surface area contributed by atoms with Gasteiger partial charge in [-0.3, -0.25) is 4.98 Å². The Morgan fingerprint density at radius 1 is 1.07 bits per heavy atom. The smallest absolute Gasteiger partial charge is 0.138 e. The minimum Gasteiger partial charge on any atom is -0.490 e. The Labute approximate surface area is 171 Å². The molecule has 0 unspecified atom stereocenters. The summed E-state index contributed by atoms with van der Waals surface area (Å²) in [5, 5.41) is 0.450. The fourth-order valence-electron chi connectivity index (χ4n) is 2.77. The molecule has 0 fully saturated rings. The van der Waals surface area contributed by atoms with E-state index in [0.29, 0.717) is 17.5 Å². The van der Waals surface area contributed by atoms with Crippen molar-refractivity contribution < 1.29 is 4.74 Å². The molecule has 0 radical (unpaired) electrons. The summed E-state index contributed by atoms with van der Waals surface area (Å²) in [5.41, 5.74) is 3.16. The van der Waals surface area contributed by atoms with Crippen LogP contribution in [-0.2, 0) is 6.42 Å². The summed E-state index contributed by atoms with van der Waals surface area (Å²) in [5.74, 6) is 0.707. The lowest BCUT2D eigenvalue weighted by Crippen LogP contribution is -2.35. The Morgan fingerprint density at radius 2 is 1.82 bits per heavy atom. The van der Waals surface area contributed by atoms with E-state index in [2.05, 4.69) is 53.2 Å². The van der Waals surface area contributed by atoms with Gasteiger partial charge < -0.3 is 9.64 Å². The zero-order chi connectivity index (χ0) is 19.8. The van der Waals surface area contributed by atoms with Crippen molar-refractivity contribution >= 4 is 23.8 Å². The zero-order valence-corrected chi connectivity index (χ0v) is 16.9. The van der Waals surface area contributed by atoms with Crippen LogP contribution in [0.15, 0.2) is 67.1 Å². The molecule has 2 aromatic heterocycles. The Hall–Kier alpha value is -2.69. The summed E-state index contributed by atoms with van der Waals surface area (Å²) >= 11 is 6.24. The first-order valence-corrected chi connectivity index (χ1v) is 9.56. The standard InChI is InChI=1S/C23H24ClN3O/c1-27(2)21(14-19-6-4-3-5-7-19)17-28-22-15-20(23(24)26-16-22)9-8-18-10-12-25-13-11-18/h3-13,15-16,21H,14,17H2,1-2H3/b9-8+/t21-/m0/s1. The van der Waals surface area contributed by atoms with E-state index in [1.807, 2.05) is 36.4 Å². The number of pyridine rings is 2. The van der Waals surface area contributed by atoms with Gasteiger partial charge in [-0.15, -0.1) is 0 Å². The van der Waals surface area contributed by atoms with Crippen LogP contribution in [0.4, 0.5) is 0 Å². The van der Waals surface area contributed by atoms with E-state index in [1.165, 1.54) is 5.56 Å². The number of likely N-dealkylation sites (N-methyl/N-ethyl adjacent to an activating group) is 1. The second kappa shape index (κ2) is 10.0. The molecule has 0 saturated carbocycles. The van der Waals surface area contributed by atoms with Gasteiger partial charge in [-0.2, -0.15) is 0 Å². The third-order valence-electron chi connectivity index (χ3n) is 4.49. The van der Waals surface area contributed by atoms with Crippen molar-refractivity contribution in [3.05, 3.63) is 89.0 Å². The average Bonchev–Trinajstić information content (AvgIpc) is 2.72. The van der Waals surface area contributed by atoms with Crippen LogP contribution < -0.4 is 4.74 Å². The van der Waals surface area contributed by atoms with E-state index >= 15 is 0 Å². The highest BCUT2D eigenvalue weighted by atomic mass is 35.5. The zero-order valence-electron chi connectivity index (χ0n) is 16.1. The van der Waals surface area contributed by atoms with Gasteiger partial charge in [-0.1, -0.05) is 54.1 Å². The van der Waals surface area contributed by atoms with E-state index in [9.17, 15) is 0 Å². The summed E-state index contributed by atoms with van der Waals surface area (Å²) in [4.78, 5) is 10.5. The number of ether oxygens (including phenoxy) is 1. The predicted molar refractivity (Wildman–Crippen MR) is 116 cm³/mol. The molecular formula is C23H24ClN3O. The quantitative estimate of drug-likeness (QED) is 0.512. The SMILES string of the molecule is CN(C)[C@H](COc1cnc(Cl)c(/C=C/c2ccncc2)c1)Cc1ccccc1. The average molecular weight is 394 g/mol. The van der Waals surface area contributed by atoms with Crippen molar-refractivity contribution in [2.75, 3.05) is 20.7 Å². The van der Waals surface area contributed by atoms with Crippen molar-refractivity contribution in [3.8, 4) is 5.75 Å². The van der Waals surface area contributed by atoms with Gasteiger partial charge in [0.2, 0.25) is 0 Å². The topological polar surface area (TPSA) is 38.2 Å². The molecule has 2 heterocycles. The number of halogens is 1. The molecule has 5 heteroatoms. The maximum absolute atomic E-state index is 6.24. The molecule has 0 aliphatic rings. The van der Waals surface area contributed by atoms with Crippen molar-refractivity contribution in [3.63, 3.8) is 0 Å². The molecule has 0 spiro atoms. The van der Waals surface area contributed by atoms with Crippen LogP contribution in [0.25, 0.3) is 12.2 Å². The van der Waals surface area contributed by atoms with Crippen LogP contribution in [0, 0.1) is 0 Å². The monoisotopic (exact) mass is 393 g/mol. The first-order valence-electron chi connectivity index (χ1n) is 9.18. The van der Waals surface area contributed by atoms with Crippen LogP contribution in [0.3, 0.4) is 0 Å². The Balaban J connectivity index is 1.67. The third kappa shape index (κ3) is 5.91. The van der Waals surface area contributed by atoms with Crippen LogP contribution in [0.2, 0.25) is 5.15 Å². The lowest BCUT2D eigenvalue weighted by molar-refractivity contribution is 0.184. The molecule has 3 rings (SSSR count). The minimum absolute atomic E-state index is 0.258. The van der Waals surface area contributed by atoms with Crippen molar-refractivity contribution in [2.24, 2.45) is 0 Å². The summed E-state index contributed by atoms with van der Waals surface area (Å²) in [6.45, 7) is 0.568. The molecule has 0 saturated heterocycles. The second-order valence-electron chi connectivity index (χ2n) is 6.78. The lowest BCUT2D eigenvalue weighted by atomic mass is 10.1. The number of aromatic nitrogens is 2. The van der Waals surface area contributed by atoms with Gasteiger partial charge in [0.15, 0.2) is 0 Å². The molecule has 28 heavy (non-hydrogen) atoms. The molecular weight excluding hydrogens is 370 g/mol. The van der Waals surface area contributed by atoms with Crippen molar-refractivity contribution in [2.45, 2.75) is 12.5 Å². The molecule has 1 atom stereocenters. The molecule has 3 aromatic rings. The Morgan fingerprint density at radius 3 is 2.54 bits per heavy atom. The van der Waals surface area contributed by atoms with Crippen molar-refractivity contribution in [1.29, 1.82) is 0 Å².